The molecule has 4 unspecified atom stereocenters. The highest BCUT2D eigenvalue weighted by Crippen LogP contribution is 2.47. The normalized spacial score (nSPS) is 33.3. The lowest BCUT2D eigenvalue weighted by molar-refractivity contribution is -0.184. The van der Waals surface area contributed by atoms with Gasteiger partial charge in [0.25, 0.3) is 0 Å². The van der Waals surface area contributed by atoms with E-state index in [1.54, 1.807) is 0 Å². The van der Waals surface area contributed by atoms with Crippen molar-refractivity contribution in [2.75, 3.05) is 13.7 Å². The van der Waals surface area contributed by atoms with E-state index in [2.05, 4.69) is 162 Å². The van der Waals surface area contributed by atoms with E-state index in [1.165, 1.54) is 7.11 Å². The predicted molar refractivity (Wildman–Crippen MR) is 313 cm³/mol. The molecule has 1 N–H and O–H groups in total. The monoisotopic (exact) mass is 1090 g/mol. The van der Waals surface area contributed by atoms with Gasteiger partial charge in [0, 0.05) is 18.9 Å². The Kier molecular flexibility index (Phi) is 23.3. The van der Waals surface area contributed by atoms with E-state index in [0.29, 0.717) is 37.7 Å². The van der Waals surface area contributed by atoms with Gasteiger partial charge in [-0.3, -0.25) is 4.79 Å². The second-order valence-corrected chi connectivity index (χ2v) is 42.7. The minimum absolute atomic E-state index is 0.00114. The van der Waals surface area contributed by atoms with E-state index in [-0.39, 0.29) is 99.7 Å². The molecule has 428 valence electrons. The molecule has 0 aromatic heterocycles. The molecule has 17 atom stereocenters. The first-order valence-electron chi connectivity index (χ1n) is 28.9. The fourth-order valence-corrected chi connectivity index (χ4v) is 14.5. The van der Waals surface area contributed by atoms with E-state index in [0.717, 1.165) is 56.1 Å². The van der Waals surface area contributed by atoms with Gasteiger partial charge in [-0.15, -0.1) is 6.58 Å². The van der Waals surface area contributed by atoms with E-state index >= 15 is 0 Å². The van der Waals surface area contributed by atoms with Gasteiger partial charge in [-0.05, 0) is 146 Å². The molecule has 0 bridgehead atoms. The van der Waals surface area contributed by atoms with Gasteiger partial charge in [0.15, 0.2) is 25.0 Å². The summed E-state index contributed by atoms with van der Waals surface area (Å²) in [5, 5.41) is 11.8. The standard InChI is InChI=1S/C61H112O10Si3/c1-25-26-51-43(6)44(7)57(71-74(23,24)61(15,16)17)58(69-51)52(70-73(21,22)60(12,13)14)31-28-46(62)27-29-47-35-41(4)50(66-47)32-30-48-34-40(3)42(5)54(67-48)37-55-49(36-56(63)64-18)45(8)53(68-55)33-39(2)38-65-72(19,20)59(9,10)11/h25,28,31,39-40,43-55,57-58,62H,1,4-5,26-27,29-30,32-38H2,2-3,6-24H3/b31-28+/t39-,40+,43+,44-,45+,46?,47?,48?,49+,50-,51-,52-,53+,54+,55?,57-,58-/m0/s1. The molecule has 0 aromatic rings. The zero-order valence-corrected chi connectivity index (χ0v) is 54.1. The Morgan fingerprint density at radius 1 is 0.757 bits per heavy atom. The maximum absolute atomic E-state index is 12.8. The van der Waals surface area contributed by atoms with Crippen molar-refractivity contribution in [2.45, 2.75) is 283 Å². The SMILES string of the molecule is C=CC[C@@H]1O[C@@H]([C@H](/C=C/C(O)CCC2CC(=C)[C@H](CCC3C[C@@H](C)C(=C)[C@@H](CC4O[C@H](C[C@H](C)CO[Si](C)(C)C(C)(C)C)[C@H](C)[C@H]4CC(=O)OC)O3)O2)O[Si](C)(C)C(C)(C)C)[C@@H](O[Si](C)(C)C(C)(C)C)[C@@H](C)[C@H]1C. The molecular formula is C61H112O10Si3. The van der Waals surface area contributed by atoms with E-state index < -0.39 is 37.2 Å². The third-order valence-electron chi connectivity index (χ3n) is 19.5. The van der Waals surface area contributed by atoms with Gasteiger partial charge in [-0.25, -0.2) is 0 Å². The van der Waals surface area contributed by atoms with Crippen LogP contribution in [-0.4, -0.2) is 117 Å². The summed E-state index contributed by atoms with van der Waals surface area (Å²) < 4.78 is 54.0. The molecule has 0 amide bonds. The molecule has 74 heavy (non-hydrogen) atoms. The van der Waals surface area contributed by atoms with Crippen LogP contribution < -0.4 is 0 Å². The van der Waals surface area contributed by atoms with Crippen molar-refractivity contribution in [1.82, 2.24) is 0 Å². The van der Waals surface area contributed by atoms with E-state index in [4.69, 9.17) is 37.0 Å². The summed E-state index contributed by atoms with van der Waals surface area (Å²) in [5.41, 5.74) is 2.22. The zero-order valence-electron chi connectivity index (χ0n) is 51.1. The predicted octanol–water partition coefficient (Wildman–Crippen LogP) is 14.9. The smallest absolute Gasteiger partial charge is 0.305 e. The first kappa shape index (κ1) is 65.3. The van der Waals surface area contributed by atoms with Crippen molar-refractivity contribution >= 4 is 30.9 Å². The summed E-state index contributed by atoms with van der Waals surface area (Å²) in [4.78, 5) is 12.8. The number of aliphatic hydroxyl groups is 1. The molecule has 0 aromatic carbocycles. The van der Waals surface area contributed by atoms with Crippen LogP contribution in [0.25, 0.3) is 0 Å². The van der Waals surface area contributed by atoms with Gasteiger partial charge < -0.3 is 42.1 Å². The van der Waals surface area contributed by atoms with Crippen molar-refractivity contribution in [3.8, 4) is 0 Å². The zero-order chi connectivity index (χ0) is 56.1. The Balaban J connectivity index is 1.40. The first-order valence-corrected chi connectivity index (χ1v) is 37.7. The molecule has 0 aliphatic carbocycles. The van der Waals surface area contributed by atoms with Crippen LogP contribution in [0, 0.1) is 35.5 Å². The van der Waals surface area contributed by atoms with Crippen LogP contribution in [0.2, 0.25) is 54.4 Å². The molecule has 4 heterocycles. The van der Waals surface area contributed by atoms with Crippen molar-refractivity contribution < 1.29 is 46.9 Å². The number of aliphatic hydroxyl groups excluding tert-OH is 1. The topological polar surface area (TPSA) is 111 Å². The lowest BCUT2D eigenvalue weighted by Crippen LogP contribution is -2.60. The van der Waals surface area contributed by atoms with Gasteiger partial charge in [-0.1, -0.05) is 128 Å². The van der Waals surface area contributed by atoms with Crippen LogP contribution in [0.15, 0.2) is 49.1 Å². The quantitative estimate of drug-likeness (QED) is 0.0570. The Bertz CT molecular complexity index is 1860. The third kappa shape index (κ3) is 17.1. The molecule has 0 radical (unpaired) electrons. The van der Waals surface area contributed by atoms with Crippen molar-refractivity contribution in [3.05, 3.63) is 49.1 Å². The third-order valence-corrected chi connectivity index (χ3v) is 32.9. The molecule has 4 aliphatic rings. The second kappa shape index (κ2) is 26.4. The number of rotatable bonds is 24. The van der Waals surface area contributed by atoms with Gasteiger partial charge in [-0.2, -0.15) is 0 Å². The Hall–Kier alpha value is -1.24. The van der Waals surface area contributed by atoms with Gasteiger partial charge in [0.2, 0.25) is 0 Å². The van der Waals surface area contributed by atoms with Gasteiger partial charge in [0.05, 0.1) is 74.6 Å². The first-order chi connectivity index (χ1) is 33.9. The molecule has 10 nitrogen and oxygen atoms in total. The minimum Gasteiger partial charge on any atom is -0.469 e. The molecule has 4 aliphatic heterocycles. The molecule has 0 saturated carbocycles. The number of carbonyl (C=O) groups excluding carboxylic acids is 1. The lowest BCUT2D eigenvalue weighted by atomic mass is 9.79. The summed E-state index contributed by atoms with van der Waals surface area (Å²) in [6, 6.07) is 0. The molecule has 4 saturated heterocycles. The fourth-order valence-electron chi connectivity index (χ4n) is 10.8. The maximum Gasteiger partial charge on any atom is 0.305 e. The fraction of sp³-hybridized carbons (Fsp3) is 0.852. The summed E-state index contributed by atoms with van der Waals surface area (Å²) >= 11 is 0. The average molecular weight is 1090 g/mol. The minimum atomic E-state index is -2.30. The largest absolute Gasteiger partial charge is 0.469 e. The summed E-state index contributed by atoms with van der Waals surface area (Å²) in [6.45, 7) is 59.5. The lowest BCUT2D eigenvalue weighted by Gasteiger charge is -2.52. The van der Waals surface area contributed by atoms with E-state index in [1.807, 2.05) is 12.2 Å². The maximum atomic E-state index is 12.8. The summed E-state index contributed by atoms with van der Waals surface area (Å²) in [6.07, 6.45) is 11.4. The highest BCUT2D eigenvalue weighted by Gasteiger charge is 2.52. The number of esters is 1. The van der Waals surface area contributed by atoms with Crippen molar-refractivity contribution in [3.63, 3.8) is 0 Å². The van der Waals surface area contributed by atoms with Crippen LogP contribution >= 0.6 is 0 Å². The number of hydrogen-bond donors (Lipinski definition) is 1. The van der Waals surface area contributed by atoms with E-state index in [9.17, 15) is 9.90 Å². The average Bonchev–Trinajstić information content (AvgIpc) is 3.78. The number of ether oxygens (including phenoxy) is 5. The molecule has 13 heteroatoms. The number of methoxy groups -OCH3 is 1. The van der Waals surface area contributed by atoms with Crippen LogP contribution in [0.5, 0.6) is 0 Å². The van der Waals surface area contributed by atoms with Crippen LogP contribution in [0.3, 0.4) is 0 Å². The number of carbonyl (C=O) groups is 1. The molecule has 4 rings (SSSR count). The highest BCUT2D eigenvalue weighted by atomic mass is 28.4. The van der Waals surface area contributed by atoms with Crippen LogP contribution in [-0.2, 0) is 41.8 Å². The summed E-state index contributed by atoms with van der Waals surface area (Å²) in [5.74, 6) is 1.15. The Morgan fingerprint density at radius 2 is 1.36 bits per heavy atom. The van der Waals surface area contributed by atoms with Crippen molar-refractivity contribution in [1.29, 1.82) is 0 Å². The Morgan fingerprint density at radius 3 is 1.95 bits per heavy atom. The van der Waals surface area contributed by atoms with Gasteiger partial charge in [0.1, 0.15) is 6.10 Å². The Labute approximate surface area is 456 Å². The number of hydrogen-bond acceptors (Lipinski definition) is 10. The summed E-state index contributed by atoms with van der Waals surface area (Å²) in [7, 11) is -4.90. The molecule has 0 spiro atoms. The van der Waals surface area contributed by atoms with Crippen LogP contribution in [0.4, 0.5) is 0 Å². The van der Waals surface area contributed by atoms with Gasteiger partial charge >= 0.3 is 5.97 Å². The van der Waals surface area contributed by atoms with Crippen molar-refractivity contribution in [2.24, 2.45) is 35.5 Å². The molecule has 4 fully saturated rings. The highest BCUT2D eigenvalue weighted by molar-refractivity contribution is 6.75. The second-order valence-electron chi connectivity index (χ2n) is 28.4. The molecular weight excluding hydrogens is 977 g/mol. The van der Waals surface area contributed by atoms with Crippen LogP contribution in [0.1, 0.15) is 161 Å².